The smallest absolute Gasteiger partial charge is 2.00 e. The molecule has 5 heteroatoms. The number of aliphatic hydroxyl groups is 1. The van der Waals surface area contributed by atoms with E-state index in [9.17, 15) is 4.79 Å². The van der Waals surface area contributed by atoms with Gasteiger partial charge < -0.3 is 15.7 Å². The number of hydrogen-bond donors (Lipinski definition) is 2. The second-order valence-corrected chi connectivity index (χ2v) is 1.01. The van der Waals surface area contributed by atoms with E-state index in [4.69, 9.17) is 10.2 Å². The molecule has 0 rings (SSSR count). The first kappa shape index (κ1) is 15.7. The first-order chi connectivity index (χ1) is 2.64. The van der Waals surface area contributed by atoms with E-state index in [1.165, 1.54) is 6.92 Å². The summed E-state index contributed by atoms with van der Waals surface area (Å²) in [4.78, 5) is 9.45. The van der Waals surface area contributed by atoms with Gasteiger partial charge >= 0.3 is 25.4 Å². The van der Waals surface area contributed by atoms with Gasteiger partial charge in [-0.1, -0.05) is 0 Å². The molecule has 0 radical (unpaired) electrons. The van der Waals surface area contributed by atoms with Gasteiger partial charge in [-0.05, 0) is 6.92 Å². The fourth-order valence-corrected chi connectivity index (χ4v) is 0. The van der Waals surface area contributed by atoms with Crippen molar-refractivity contribution in [2.24, 2.45) is 0 Å². The Kier molecular flexibility index (Phi) is 13.7. The predicted octanol–water partition coefficient (Wildman–Crippen LogP) is -0.669. The van der Waals surface area contributed by atoms with E-state index in [0.29, 0.717) is 0 Å². The summed E-state index contributed by atoms with van der Waals surface area (Å²) in [5.41, 5.74) is 0. The second-order valence-electron chi connectivity index (χ2n) is 1.01. The second kappa shape index (κ2) is 7.01. The number of hydrogen-bond acceptors (Lipinski definition) is 2. The van der Waals surface area contributed by atoms with E-state index in [2.05, 4.69) is 0 Å². The topological polar surface area (TPSA) is 86.0 Å². The maximum atomic E-state index is 9.45. The van der Waals surface area contributed by atoms with Gasteiger partial charge in [0.05, 0.1) is 0 Å². The maximum Gasteiger partial charge on any atom is 2.00 e. The Morgan fingerprint density at radius 3 is 1.75 bits per heavy atom. The molecule has 0 aromatic rings. The van der Waals surface area contributed by atoms with E-state index in [1.54, 1.807) is 0 Å². The van der Waals surface area contributed by atoms with Crippen molar-refractivity contribution in [3.8, 4) is 0 Å². The fraction of sp³-hybridized carbons (Fsp3) is 0.667. The molecule has 4 nitrogen and oxygen atoms in total. The predicted molar refractivity (Wildman–Crippen MR) is 20.0 cm³/mol. The molecule has 0 aromatic heterocycles. The van der Waals surface area contributed by atoms with E-state index in [1.807, 2.05) is 0 Å². The van der Waals surface area contributed by atoms with Crippen molar-refractivity contribution in [2.75, 3.05) is 0 Å². The van der Waals surface area contributed by atoms with Gasteiger partial charge in [-0.2, -0.15) is 0 Å². The summed E-state index contributed by atoms with van der Waals surface area (Å²) in [5, 5.41) is 15.8. The minimum absolute atomic E-state index is 0. The summed E-state index contributed by atoms with van der Waals surface area (Å²) in [6, 6.07) is 0. The minimum atomic E-state index is -1.23. The van der Waals surface area contributed by atoms with Crippen LogP contribution in [-0.4, -0.2) is 22.3 Å². The molecule has 1 atom stereocenters. The van der Waals surface area contributed by atoms with E-state index < -0.39 is 12.1 Å². The molecule has 0 aromatic carbocycles. The summed E-state index contributed by atoms with van der Waals surface area (Å²) in [7, 11) is 0. The van der Waals surface area contributed by atoms with Crippen LogP contribution in [0.3, 0.4) is 0 Å². The SMILES string of the molecule is CC(O)C(=O)O.[O-2].[Zn+2]. The molecule has 0 aliphatic carbocycles. The van der Waals surface area contributed by atoms with Crippen molar-refractivity contribution in [3.63, 3.8) is 0 Å². The Bertz CT molecular complexity index is 62.3. The van der Waals surface area contributed by atoms with Crippen molar-refractivity contribution in [3.05, 3.63) is 0 Å². The van der Waals surface area contributed by atoms with Gasteiger partial charge in [0.1, 0.15) is 6.10 Å². The van der Waals surface area contributed by atoms with Crippen molar-refractivity contribution < 1.29 is 40.0 Å². The van der Waals surface area contributed by atoms with E-state index in [0.717, 1.165) is 0 Å². The molecule has 0 bridgehead atoms. The summed E-state index contributed by atoms with van der Waals surface area (Å²) >= 11 is 0. The van der Waals surface area contributed by atoms with Gasteiger partial charge in [-0.25, -0.2) is 4.79 Å². The number of carboxylic acids is 1. The van der Waals surface area contributed by atoms with Crippen LogP contribution in [-0.2, 0) is 29.7 Å². The zero-order valence-corrected chi connectivity index (χ0v) is 7.46. The molecule has 0 saturated carbocycles. The van der Waals surface area contributed by atoms with Gasteiger partial charge in [0.2, 0.25) is 0 Å². The summed E-state index contributed by atoms with van der Waals surface area (Å²) in [6.45, 7) is 1.20. The van der Waals surface area contributed by atoms with Crippen LogP contribution in [0.2, 0.25) is 0 Å². The van der Waals surface area contributed by atoms with Crippen LogP contribution in [0.1, 0.15) is 6.92 Å². The third-order valence-electron chi connectivity index (χ3n) is 0.357. The Morgan fingerprint density at radius 1 is 1.62 bits per heavy atom. The van der Waals surface area contributed by atoms with Crippen molar-refractivity contribution >= 4 is 5.97 Å². The average molecular weight is 171 g/mol. The van der Waals surface area contributed by atoms with Crippen molar-refractivity contribution in [1.29, 1.82) is 0 Å². The van der Waals surface area contributed by atoms with Crippen LogP contribution in [0.25, 0.3) is 0 Å². The number of carboxylic acid groups (broad SMARTS) is 1. The summed E-state index contributed by atoms with van der Waals surface area (Å²) in [6.07, 6.45) is -1.23. The first-order valence-electron chi connectivity index (χ1n) is 1.55. The van der Waals surface area contributed by atoms with Crippen molar-refractivity contribution in [1.82, 2.24) is 0 Å². The number of carbonyl (C=O) groups is 1. The molecule has 8 heavy (non-hydrogen) atoms. The van der Waals surface area contributed by atoms with Gasteiger partial charge in [-0.3, -0.25) is 0 Å². The molecule has 0 amide bonds. The standard InChI is InChI=1S/C3H6O3.O.Zn/c1-2(4)3(5)6;;/h2,4H,1H3,(H,5,6);;/q;-2;+2. The monoisotopic (exact) mass is 170 g/mol. The minimum Gasteiger partial charge on any atom is -2.00 e. The molecule has 2 N–H and O–H groups in total. The maximum absolute atomic E-state index is 9.45. The normalized spacial score (nSPS) is 10.2. The van der Waals surface area contributed by atoms with Gasteiger partial charge in [0.25, 0.3) is 0 Å². The van der Waals surface area contributed by atoms with Crippen molar-refractivity contribution in [2.45, 2.75) is 13.0 Å². The molecule has 0 fully saturated rings. The number of aliphatic hydroxyl groups excluding tert-OH is 1. The average Bonchev–Trinajstić information content (AvgIpc) is 1.36. The quantitative estimate of drug-likeness (QED) is 0.513. The van der Waals surface area contributed by atoms with Crippen LogP contribution in [0, 0.1) is 0 Å². The van der Waals surface area contributed by atoms with Crippen LogP contribution in [0.15, 0.2) is 0 Å². The molecule has 0 spiro atoms. The van der Waals surface area contributed by atoms with Crippen LogP contribution >= 0.6 is 0 Å². The molecular formula is C3H6O4Zn. The van der Waals surface area contributed by atoms with Gasteiger partial charge in [0.15, 0.2) is 0 Å². The Balaban J connectivity index is -0.000000125. The molecule has 0 aliphatic rings. The number of rotatable bonds is 1. The summed E-state index contributed by atoms with van der Waals surface area (Å²) in [5.74, 6) is -1.19. The Morgan fingerprint density at radius 2 is 1.75 bits per heavy atom. The first-order valence-corrected chi connectivity index (χ1v) is 1.55. The van der Waals surface area contributed by atoms with E-state index >= 15 is 0 Å². The van der Waals surface area contributed by atoms with Crippen LogP contribution < -0.4 is 0 Å². The molecule has 0 saturated heterocycles. The zero-order valence-electron chi connectivity index (χ0n) is 4.50. The van der Waals surface area contributed by atoms with Gasteiger partial charge in [0, 0.05) is 0 Å². The molecule has 0 heterocycles. The molecular weight excluding hydrogens is 165 g/mol. The Labute approximate surface area is 59.6 Å². The largest absolute Gasteiger partial charge is 2.00 e. The zero-order chi connectivity index (χ0) is 5.15. The van der Waals surface area contributed by atoms with E-state index in [-0.39, 0.29) is 25.0 Å². The van der Waals surface area contributed by atoms with Gasteiger partial charge in [-0.15, -0.1) is 0 Å². The van der Waals surface area contributed by atoms with Crippen LogP contribution in [0.4, 0.5) is 0 Å². The fourth-order valence-electron chi connectivity index (χ4n) is 0. The van der Waals surface area contributed by atoms with Crippen LogP contribution in [0.5, 0.6) is 0 Å². The third kappa shape index (κ3) is 9.38. The molecule has 0 aliphatic heterocycles. The third-order valence-corrected chi connectivity index (χ3v) is 0.357. The Hall–Kier alpha value is 0.0134. The molecule has 44 valence electrons. The molecule has 1 unspecified atom stereocenters. The summed E-state index contributed by atoms with van der Waals surface area (Å²) < 4.78 is 0. The number of aliphatic carboxylic acids is 1.